The lowest BCUT2D eigenvalue weighted by Gasteiger charge is -2.37. The van der Waals surface area contributed by atoms with Crippen LogP contribution in [-0.2, 0) is 16.0 Å². The lowest BCUT2D eigenvalue weighted by atomic mass is 10.0. The van der Waals surface area contributed by atoms with Crippen molar-refractivity contribution in [1.82, 2.24) is 10.0 Å². The number of hydrogen-bond donors (Lipinski definition) is 4. The number of aliphatic imine (C=N–C) groups is 1. The van der Waals surface area contributed by atoms with Crippen molar-refractivity contribution in [2.45, 2.75) is 11.3 Å². The van der Waals surface area contributed by atoms with E-state index in [1.807, 2.05) is 0 Å². The van der Waals surface area contributed by atoms with E-state index in [1.165, 1.54) is 7.11 Å². The van der Waals surface area contributed by atoms with Gasteiger partial charge in [-0.1, -0.05) is 29.0 Å². The second-order valence-electron chi connectivity index (χ2n) is 5.88. The van der Waals surface area contributed by atoms with Crippen molar-refractivity contribution >= 4 is 56.8 Å². The summed E-state index contributed by atoms with van der Waals surface area (Å²) < 4.78 is 28.6. The van der Waals surface area contributed by atoms with Crippen molar-refractivity contribution in [3.63, 3.8) is 0 Å². The fraction of sp³-hybridized carbons (Fsp3) is 0.167. The Morgan fingerprint density at radius 3 is 2.75 bits per heavy atom. The molecule has 1 aliphatic heterocycles. The molecule has 0 aromatic heterocycles. The third-order valence-electron chi connectivity index (χ3n) is 4.02. The van der Waals surface area contributed by atoms with Crippen LogP contribution in [0.4, 0.5) is 5.69 Å². The van der Waals surface area contributed by atoms with Gasteiger partial charge in [-0.3, -0.25) is 18.6 Å². The number of amidine groups is 1. The molecule has 0 saturated carbocycles. The van der Waals surface area contributed by atoms with Crippen molar-refractivity contribution in [2.24, 2.45) is 4.99 Å². The fourth-order valence-corrected chi connectivity index (χ4v) is 4.60. The number of carbonyl (C=O) groups is 2. The third-order valence-corrected chi connectivity index (χ3v) is 6.11. The monoisotopic (exact) mass is 515 g/mol. The van der Waals surface area contributed by atoms with Crippen LogP contribution >= 0.6 is 33.4 Å². The van der Waals surface area contributed by atoms with Crippen molar-refractivity contribution in [2.75, 3.05) is 13.7 Å². The molecule has 0 saturated heterocycles. The quantitative estimate of drug-likeness (QED) is 0.359. The summed E-state index contributed by atoms with van der Waals surface area (Å²) in [5, 5.41) is 2.67. The van der Waals surface area contributed by atoms with E-state index in [-0.39, 0.29) is 17.3 Å². The van der Waals surface area contributed by atoms with Crippen LogP contribution in [0.1, 0.15) is 15.9 Å². The highest BCUT2D eigenvalue weighted by atomic mass is 127. The van der Waals surface area contributed by atoms with Crippen LogP contribution in [0.5, 0.6) is 0 Å². The first-order valence-corrected chi connectivity index (χ1v) is 10.8. The predicted molar refractivity (Wildman–Crippen MR) is 115 cm³/mol. The molecule has 1 amide bonds. The van der Waals surface area contributed by atoms with E-state index in [0.29, 0.717) is 17.7 Å². The zero-order valence-electron chi connectivity index (χ0n) is 14.8. The van der Waals surface area contributed by atoms with Crippen molar-refractivity contribution in [3.8, 4) is 0 Å². The second kappa shape index (κ2) is 8.47. The molecule has 0 spiro atoms. The number of rotatable bonds is 5. The molecule has 3 rings (SSSR count). The van der Waals surface area contributed by atoms with Gasteiger partial charge in [-0.15, -0.1) is 0 Å². The number of ether oxygens (including phenoxy) is 1. The number of fused-ring (bicyclic) bond motifs is 1. The minimum Gasteiger partial charge on any atom is -0.465 e. The van der Waals surface area contributed by atoms with Crippen LogP contribution in [0, 0.1) is 3.57 Å². The molecule has 148 valence electrons. The number of methoxy groups -OCH3 is 1. The lowest BCUT2D eigenvalue weighted by Crippen LogP contribution is -2.43. The maximum atomic E-state index is 12.4. The van der Waals surface area contributed by atoms with Gasteiger partial charge >= 0.3 is 5.97 Å². The Balaban J connectivity index is 1.70. The summed E-state index contributed by atoms with van der Waals surface area (Å²) >= 11 is 2.06. The average molecular weight is 515 g/mol. The minimum absolute atomic E-state index is 0.171. The van der Waals surface area contributed by atoms with Crippen LogP contribution in [-0.4, -0.2) is 40.5 Å². The number of nitrogens with one attached hydrogen (secondary N) is 2. The topological polar surface area (TPSA) is 120 Å². The first-order chi connectivity index (χ1) is 13.3. The minimum atomic E-state index is -3.36. The summed E-state index contributed by atoms with van der Waals surface area (Å²) in [5.41, 5.74) is 1.50. The Morgan fingerprint density at radius 2 is 2.00 bits per heavy atom. The molecule has 28 heavy (non-hydrogen) atoms. The van der Waals surface area contributed by atoms with Gasteiger partial charge in [-0.05, 0) is 58.8 Å². The zero-order valence-corrected chi connectivity index (χ0v) is 17.8. The second-order valence-corrected chi connectivity index (χ2v) is 8.87. The highest BCUT2D eigenvalue weighted by molar-refractivity contribution is 14.1. The summed E-state index contributed by atoms with van der Waals surface area (Å²) in [6.07, 6.45) is 0.398. The number of esters is 1. The molecule has 8 nitrogen and oxygen atoms in total. The molecule has 4 N–H and O–H groups in total. The Hall–Kier alpha value is -2.15. The van der Waals surface area contributed by atoms with E-state index in [9.17, 15) is 18.7 Å². The van der Waals surface area contributed by atoms with Gasteiger partial charge in [0.1, 0.15) is 4.90 Å². The van der Waals surface area contributed by atoms with Crippen LogP contribution < -0.4 is 10.0 Å². The average Bonchev–Trinajstić information content (AvgIpc) is 2.67. The molecule has 1 aliphatic rings. The Bertz CT molecular complexity index is 964. The molecule has 0 atom stereocenters. The number of amides is 1. The van der Waals surface area contributed by atoms with E-state index in [0.717, 1.165) is 9.13 Å². The third kappa shape index (κ3) is 4.46. The first kappa shape index (κ1) is 20.6. The lowest BCUT2D eigenvalue weighted by molar-refractivity contribution is -0.114. The Morgan fingerprint density at radius 1 is 1.25 bits per heavy atom. The van der Waals surface area contributed by atoms with Gasteiger partial charge in [0.05, 0.1) is 18.4 Å². The predicted octanol–water partition coefficient (Wildman–Crippen LogP) is 3.09. The summed E-state index contributed by atoms with van der Waals surface area (Å²) in [7, 11) is -2.05. The summed E-state index contributed by atoms with van der Waals surface area (Å²) in [6, 6.07) is 12.0. The van der Waals surface area contributed by atoms with Crippen molar-refractivity contribution in [1.29, 1.82) is 0 Å². The maximum absolute atomic E-state index is 12.4. The van der Waals surface area contributed by atoms with Gasteiger partial charge in [0, 0.05) is 10.1 Å². The molecular formula is C18H18IN3O5S. The highest BCUT2D eigenvalue weighted by Gasteiger charge is 2.29. The number of carbonyl (C=O) groups excluding carboxylic acids is 2. The van der Waals surface area contributed by atoms with Gasteiger partial charge in [-0.2, -0.15) is 0 Å². The number of hydrogen-bond acceptors (Lipinski definition) is 7. The summed E-state index contributed by atoms with van der Waals surface area (Å²) in [5.74, 6) is -1.19. The molecule has 0 unspecified atom stereocenters. The molecule has 0 fully saturated rings. The number of nitrogens with zero attached hydrogens (tertiary/aromatic N) is 1. The molecular weight excluding hydrogens is 497 g/mol. The van der Waals surface area contributed by atoms with E-state index in [2.05, 4.69) is 37.6 Å². The van der Waals surface area contributed by atoms with Gasteiger partial charge in [0.25, 0.3) is 5.91 Å². The zero-order chi connectivity index (χ0) is 20.3. The number of halogens is 1. The SMILES string of the molecule is COC(=O)c1ccccc1CCNC(=O)C1=Nc2ccc(I)cc2S(O)(O)N1. The van der Waals surface area contributed by atoms with Crippen LogP contribution in [0.3, 0.4) is 0 Å². The molecule has 10 heteroatoms. The van der Waals surface area contributed by atoms with Crippen LogP contribution in [0.25, 0.3) is 0 Å². The molecule has 0 bridgehead atoms. The van der Waals surface area contributed by atoms with Crippen LogP contribution in [0.2, 0.25) is 0 Å². The fourth-order valence-electron chi connectivity index (χ4n) is 2.68. The normalized spacial score (nSPS) is 15.5. The van der Waals surface area contributed by atoms with Gasteiger partial charge < -0.3 is 10.1 Å². The Kier molecular flexibility index (Phi) is 6.23. The molecule has 0 aliphatic carbocycles. The number of benzene rings is 2. The summed E-state index contributed by atoms with van der Waals surface area (Å²) in [4.78, 5) is 28.7. The van der Waals surface area contributed by atoms with E-state index in [1.54, 1.807) is 42.5 Å². The van der Waals surface area contributed by atoms with E-state index >= 15 is 0 Å². The van der Waals surface area contributed by atoms with Gasteiger partial charge in [0.2, 0.25) is 5.84 Å². The molecule has 2 aromatic carbocycles. The largest absolute Gasteiger partial charge is 0.465 e. The highest BCUT2D eigenvalue weighted by Crippen LogP contribution is 2.51. The molecule has 2 aromatic rings. The smallest absolute Gasteiger partial charge is 0.338 e. The Labute approximate surface area is 177 Å². The van der Waals surface area contributed by atoms with Gasteiger partial charge in [-0.25, -0.2) is 9.79 Å². The standard InChI is InChI=1S/C18H18IN3O5S/c1-27-18(24)13-5-3-2-4-11(13)8-9-20-17(23)16-21-14-7-6-12(19)10-15(14)28(25,26)22-16/h2-7,10,25-26H,8-9H2,1H3,(H,20,23)(H,21,22). The van der Waals surface area contributed by atoms with Crippen molar-refractivity contribution in [3.05, 3.63) is 57.2 Å². The van der Waals surface area contributed by atoms with Gasteiger partial charge in [0.15, 0.2) is 0 Å². The molecule has 1 heterocycles. The maximum Gasteiger partial charge on any atom is 0.338 e. The van der Waals surface area contributed by atoms with E-state index in [4.69, 9.17) is 4.74 Å². The summed E-state index contributed by atoms with van der Waals surface area (Å²) in [6.45, 7) is 0.228. The van der Waals surface area contributed by atoms with Crippen molar-refractivity contribution < 1.29 is 23.4 Å². The first-order valence-electron chi connectivity index (χ1n) is 8.20. The van der Waals surface area contributed by atoms with Crippen LogP contribution in [0.15, 0.2) is 52.4 Å². The molecule has 0 radical (unpaired) electrons. The van der Waals surface area contributed by atoms with E-state index < -0.39 is 22.7 Å².